The number of nitrogens with two attached hydrogens (primary N) is 1. The van der Waals surface area contributed by atoms with Gasteiger partial charge in [-0.15, -0.1) is 0 Å². The molecule has 19 heavy (non-hydrogen) atoms. The monoisotopic (exact) mass is 272 g/mol. The van der Waals surface area contributed by atoms with E-state index in [-0.39, 0.29) is 18.4 Å². The number of nitrogens with zero attached hydrogens (tertiary/aromatic N) is 1. The summed E-state index contributed by atoms with van der Waals surface area (Å²) in [5.74, 6) is -0.288. The van der Waals surface area contributed by atoms with Gasteiger partial charge < -0.3 is 15.7 Å². The Hall–Kier alpha value is -1.10. The van der Waals surface area contributed by atoms with Gasteiger partial charge in [-0.2, -0.15) is 0 Å². The summed E-state index contributed by atoms with van der Waals surface area (Å²) in [6, 6.07) is 0. The van der Waals surface area contributed by atoms with Crippen LogP contribution in [0.5, 0.6) is 0 Å². The Kier molecular flexibility index (Phi) is 9.21. The van der Waals surface area contributed by atoms with E-state index in [1.54, 1.807) is 0 Å². The van der Waals surface area contributed by atoms with Crippen molar-refractivity contribution < 1.29 is 14.7 Å². The quantitative estimate of drug-likeness (QED) is 0.634. The van der Waals surface area contributed by atoms with Gasteiger partial charge >= 0.3 is 5.97 Å². The summed E-state index contributed by atoms with van der Waals surface area (Å²) >= 11 is 0. The van der Waals surface area contributed by atoms with E-state index in [0.29, 0.717) is 25.4 Å². The number of hydrogen-bond acceptors (Lipinski definition) is 3. The molecule has 0 aromatic carbocycles. The molecule has 5 nitrogen and oxygen atoms in total. The van der Waals surface area contributed by atoms with Gasteiger partial charge in [0.2, 0.25) is 5.91 Å². The van der Waals surface area contributed by atoms with Gasteiger partial charge in [0.15, 0.2) is 0 Å². The normalized spacial score (nSPS) is 12.5. The average Bonchev–Trinajstić information content (AvgIpc) is 2.32. The van der Waals surface area contributed by atoms with E-state index >= 15 is 0 Å². The number of rotatable bonds is 10. The molecule has 0 saturated carbocycles. The summed E-state index contributed by atoms with van der Waals surface area (Å²) in [6.45, 7) is 6.98. The van der Waals surface area contributed by atoms with E-state index in [1.807, 2.05) is 13.8 Å². The average molecular weight is 272 g/mol. The number of carboxylic acids is 1. The van der Waals surface area contributed by atoms with Crippen LogP contribution in [-0.4, -0.2) is 41.5 Å². The summed E-state index contributed by atoms with van der Waals surface area (Å²) in [7, 11) is 0. The van der Waals surface area contributed by atoms with Crippen LogP contribution >= 0.6 is 0 Å². The molecular formula is C14H28N2O3. The first-order chi connectivity index (χ1) is 8.90. The molecule has 0 bridgehead atoms. The van der Waals surface area contributed by atoms with Gasteiger partial charge in [-0.3, -0.25) is 9.59 Å². The molecule has 1 amide bonds. The minimum atomic E-state index is -0.956. The van der Waals surface area contributed by atoms with Crippen LogP contribution in [0.4, 0.5) is 0 Å². The predicted molar refractivity (Wildman–Crippen MR) is 75.7 cm³/mol. The molecule has 0 aliphatic carbocycles. The summed E-state index contributed by atoms with van der Waals surface area (Å²) in [5, 5.41) is 8.84. The molecule has 1 atom stereocenters. The van der Waals surface area contributed by atoms with Gasteiger partial charge in [0, 0.05) is 13.0 Å². The maximum Gasteiger partial charge on any atom is 0.323 e. The molecule has 0 fully saturated rings. The highest BCUT2D eigenvalue weighted by Gasteiger charge is 2.18. The second-order valence-corrected chi connectivity index (χ2v) is 5.45. The van der Waals surface area contributed by atoms with Crippen molar-refractivity contribution in [3.8, 4) is 0 Å². The van der Waals surface area contributed by atoms with E-state index in [0.717, 1.165) is 19.3 Å². The molecule has 0 aromatic heterocycles. The molecular weight excluding hydrogens is 244 g/mol. The SMILES string of the molecule is CCC(CCN)CCC(=O)N(CC(=O)O)CC(C)C. The Bertz CT molecular complexity index is 280. The standard InChI is InChI=1S/C14H28N2O3/c1-4-12(7-8-15)5-6-13(17)16(9-11(2)3)10-14(18)19/h11-12H,4-10,15H2,1-3H3,(H,18,19). The first-order valence-electron chi connectivity index (χ1n) is 7.10. The highest BCUT2D eigenvalue weighted by atomic mass is 16.4. The van der Waals surface area contributed by atoms with Gasteiger partial charge in [0.1, 0.15) is 6.54 Å². The molecule has 0 saturated heterocycles. The molecule has 0 heterocycles. The lowest BCUT2D eigenvalue weighted by molar-refractivity contribution is -0.145. The molecule has 0 rings (SSSR count). The number of hydrogen-bond donors (Lipinski definition) is 2. The van der Waals surface area contributed by atoms with Gasteiger partial charge in [0.25, 0.3) is 0 Å². The van der Waals surface area contributed by atoms with E-state index < -0.39 is 5.97 Å². The maximum atomic E-state index is 12.1. The fraction of sp³-hybridized carbons (Fsp3) is 0.857. The lowest BCUT2D eigenvalue weighted by Crippen LogP contribution is -2.38. The van der Waals surface area contributed by atoms with Crippen LogP contribution < -0.4 is 5.73 Å². The molecule has 112 valence electrons. The maximum absolute atomic E-state index is 12.1. The Balaban J connectivity index is 4.33. The zero-order valence-electron chi connectivity index (χ0n) is 12.4. The fourth-order valence-corrected chi connectivity index (χ4v) is 2.13. The molecule has 0 aliphatic heterocycles. The van der Waals surface area contributed by atoms with Crippen LogP contribution in [0.15, 0.2) is 0 Å². The Morgan fingerprint density at radius 2 is 1.89 bits per heavy atom. The molecule has 0 radical (unpaired) electrons. The summed E-state index contributed by atoms with van der Waals surface area (Å²) < 4.78 is 0. The smallest absolute Gasteiger partial charge is 0.323 e. The zero-order chi connectivity index (χ0) is 14.8. The molecule has 0 aliphatic rings. The van der Waals surface area contributed by atoms with Crippen molar-refractivity contribution in [2.75, 3.05) is 19.6 Å². The summed E-state index contributed by atoms with van der Waals surface area (Å²) in [4.78, 5) is 24.3. The summed E-state index contributed by atoms with van der Waals surface area (Å²) in [6.07, 6.45) is 3.14. The lowest BCUT2D eigenvalue weighted by atomic mass is 9.96. The third-order valence-corrected chi connectivity index (χ3v) is 3.18. The number of aliphatic carboxylic acids is 1. The zero-order valence-corrected chi connectivity index (χ0v) is 12.4. The van der Waals surface area contributed by atoms with Gasteiger partial charge in [-0.1, -0.05) is 27.2 Å². The number of carboxylic acid groups (broad SMARTS) is 1. The van der Waals surface area contributed by atoms with Crippen LogP contribution in [0.2, 0.25) is 0 Å². The number of carbonyl (C=O) groups excluding carboxylic acids is 1. The van der Waals surface area contributed by atoms with E-state index in [4.69, 9.17) is 10.8 Å². The second kappa shape index (κ2) is 9.78. The highest BCUT2D eigenvalue weighted by Crippen LogP contribution is 2.15. The largest absolute Gasteiger partial charge is 0.480 e. The van der Waals surface area contributed by atoms with Gasteiger partial charge in [-0.05, 0) is 31.2 Å². The molecule has 0 aromatic rings. The van der Waals surface area contributed by atoms with Crippen LogP contribution in [0.3, 0.4) is 0 Å². The van der Waals surface area contributed by atoms with Crippen molar-refractivity contribution in [1.82, 2.24) is 4.90 Å². The molecule has 3 N–H and O–H groups in total. The van der Waals surface area contributed by atoms with Crippen molar-refractivity contribution in [2.45, 2.75) is 46.5 Å². The molecule has 1 unspecified atom stereocenters. The van der Waals surface area contributed by atoms with Crippen molar-refractivity contribution in [2.24, 2.45) is 17.6 Å². The van der Waals surface area contributed by atoms with Crippen molar-refractivity contribution >= 4 is 11.9 Å². The fourth-order valence-electron chi connectivity index (χ4n) is 2.13. The highest BCUT2D eigenvalue weighted by molar-refractivity contribution is 5.81. The van der Waals surface area contributed by atoms with Crippen LogP contribution in [-0.2, 0) is 9.59 Å². The van der Waals surface area contributed by atoms with Crippen LogP contribution in [0.25, 0.3) is 0 Å². The van der Waals surface area contributed by atoms with Crippen molar-refractivity contribution in [3.63, 3.8) is 0 Å². The first-order valence-corrected chi connectivity index (χ1v) is 7.10. The van der Waals surface area contributed by atoms with Crippen molar-refractivity contribution in [3.05, 3.63) is 0 Å². The minimum absolute atomic E-state index is 0.0634. The van der Waals surface area contributed by atoms with Crippen LogP contribution in [0.1, 0.15) is 46.5 Å². The molecule has 0 spiro atoms. The van der Waals surface area contributed by atoms with Crippen LogP contribution in [0, 0.1) is 11.8 Å². The van der Waals surface area contributed by atoms with Gasteiger partial charge in [0.05, 0.1) is 0 Å². The number of carbonyl (C=O) groups is 2. The van der Waals surface area contributed by atoms with Gasteiger partial charge in [-0.25, -0.2) is 0 Å². The Labute approximate surface area is 116 Å². The van der Waals surface area contributed by atoms with Crippen molar-refractivity contribution in [1.29, 1.82) is 0 Å². The van der Waals surface area contributed by atoms with E-state index in [2.05, 4.69) is 6.92 Å². The second-order valence-electron chi connectivity index (χ2n) is 5.45. The first kappa shape index (κ1) is 17.9. The predicted octanol–water partition coefficient (Wildman–Crippen LogP) is 1.71. The van der Waals surface area contributed by atoms with E-state index in [9.17, 15) is 9.59 Å². The lowest BCUT2D eigenvalue weighted by Gasteiger charge is -2.23. The minimum Gasteiger partial charge on any atom is -0.480 e. The summed E-state index contributed by atoms with van der Waals surface area (Å²) in [5.41, 5.74) is 5.53. The topological polar surface area (TPSA) is 83.6 Å². The Morgan fingerprint density at radius 1 is 1.26 bits per heavy atom. The van der Waals surface area contributed by atoms with E-state index in [1.165, 1.54) is 4.90 Å². The third kappa shape index (κ3) is 8.59. The Morgan fingerprint density at radius 3 is 2.32 bits per heavy atom. The number of amides is 1. The molecule has 5 heteroatoms. The third-order valence-electron chi connectivity index (χ3n) is 3.18.